The molecule has 0 saturated carbocycles. The van der Waals surface area contributed by atoms with Crippen molar-refractivity contribution in [3.8, 4) is 0 Å². The Kier molecular flexibility index (Phi) is 7.56. The van der Waals surface area contributed by atoms with Crippen LogP contribution in [0, 0.1) is 6.92 Å². The van der Waals surface area contributed by atoms with Crippen LogP contribution in [0.2, 0.25) is 0 Å². The van der Waals surface area contributed by atoms with E-state index in [0.29, 0.717) is 11.7 Å². The van der Waals surface area contributed by atoms with E-state index in [9.17, 15) is 9.59 Å². The molecule has 1 atom stereocenters. The molecule has 0 fully saturated rings. The molecule has 1 aliphatic carbocycles. The number of carbonyl (C=O) groups is 1. The van der Waals surface area contributed by atoms with E-state index >= 15 is 0 Å². The quantitative estimate of drug-likeness (QED) is 0.370. The van der Waals surface area contributed by atoms with E-state index in [1.165, 1.54) is 28.6 Å². The Morgan fingerprint density at radius 2 is 2.03 bits per heavy atom. The summed E-state index contributed by atoms with van der Waals surface area (Å²) in [4.78, 5) is 35.8. The van der Waals surface area contributed by atoms with Crippen molar-refractivity contribution in [2.75, 3.05) is 26.0 Å². The van der Waals surface area contributed by atoms with Gasteiger partial charge in [0.25, 0.3) is 5.56 Å². The van der Waals surface area contributed by atoms with Crippen molar-refractivity contribution in [2.45, 2.75) is 62.9 Å². The number of aromatic nitrogens is 2. The average Bonchev–Trinajstić information content (AvgIpc) is 3.15. The summed E-state index contributed by atoms with van der Waals surface area (Å²) in [7, 11) is 4.07. The van der Waals surface area contributed by atoms with Crippen molar-refractivity contribution in [3.05, 3.63) is 50.6 Å². The lowest BCUT2D eigenvalue weighted by molar-refractivity contribution is -0.115. The monoisotopic (exact) mass is 484 g/mol. The highest BCUT2D eigenvalue weighted by Gasteiger charge is 2.24. The van der Waals surface area contributed by atoms with Gasteiger partial charge in [-0.1, -0.05) is 30.0 Å². The molecule has 0 saturated heterocycles. The lowest BCUT2D eigenvalue weighted by Crippen LogP contribution is -2.28. The Hall–Kier alpha value is -2.16. The third-order valence-electron chi connectivity index (χ3n) is 6.08. The largest absolute Gasteiger partial charge is 0.325 e. The number of aryl methyl sites for hydroxylation is 3. The van der Waals surface area contributed by atoms with Crippen LogP contribution < -0.4 is 10.9 Å². The number of nitrogens with one attached hydrogen (secondary N) is 1. The third kappa shape index (κ3) is 5.34. The molecule has 2 aromatic heterocycles. The molecule has 176 valence electrons. The van der Waals surface area contributed by atoms with Gasteiger partial charge < -0.3 is 10.2 Å². The SMILES string of the molecule is Cc1ccccc1NC(=O)C(C)Sc1nc2sc3c(c2c(=O)n1CCCN(C)C)CCCC3. The van der Waals surface area contributed by atoms with E-state index < -0.39 is 0 Å². The van der Waals surface area contributed by atoms with Gasteiger partial charge in [-0.05, 0) is 83.8 Å². The molecule has 8 heteroatoms. The first kappa shape index (κ1) is 24.0. The number of benzene rings is 1. The van der Waals surface area contributed by atoms with E-state index in [4.69, 9.17) is 4.98 Å². The van der Waals surface area contributed by atoms with Crippen molar-refractivity contribution in [2.24, 2.45) is 0 Å². The summed E-state index contributed by atoms with van der Waals surface area (Å²) in [5.74, 6) is -0.0889. The molecule has 0 spiro atoms. The molecule has 1 aromatic carbocycles. The second-order valence-electron chi connectivity index (χ2n) is 8.96. The minimum Gasteiger partial charge on any atom is -0.325 e. The van der Waals surface area contributed by atoms with Crippen LogP contribution in [0.25, 0.3) is 10.2 Å². The van der Waals surface area contributed by atoms with Crippen molar-refractivity contribution >= 4 is 44.9 Å². The summed E-state index contributed by atoms with van der Waals surface area (Å²) < 4.78 is 1.80. The smallest absolute Gasteiger partial charge is 0.263 e. The van der Waals surface area contributed by atoms with Crippen LogP contribution >= 0.6 is 23.1 Å². The molecule has 3 aromatic rings. The number of nitrogens with zero attached hydrogens (tertiary/aromatic N) is 3. The number of fused-ring (bicyclic) bond motifs is 3. The number of anilines is 1. The number of thioether (sulfide) groups is 1. The first-order chi connectivity index (χ1) is 15.8. The Morgan fingerprint density at radius 3 is 2.79 bits per heavy atom. The molecule has 0 radical (unpaired) electrons. The van der Waals surface area contributed by atoms with Crippen LogP contribution in [0.15, 0.2) is 34.2 Å². The van der Waals surface area contributed by atoms with Crippen LogP contribution in [0.4, 0.5) is 5.69 Å². The predicted molar refractivity (Wildman–Crippen MR) is 139 cm³/mol. The van der Waals surface area contributed by atoms with Crippen LogP contribution in [0.5, 0.6) is 0 Å². The van der Waals surface area contributed by atoms with Crippen molar-refractivity contribution < 1.29 is 4.79 Å². The van der Waals surface area contributed by atoms with Crippen LogP contribution in [-0.4, -0.2) is 46.2 Å². The maximum atomic E-state index is 13.6. The van der Waals surface area contributed by atoms with Crippen LogP contribution in [0.3, 0.4) is 0 Å². The van der Waals surface area contributed by atoms with E-state index in [0.717, 1.165) is 53.7 Å². The number of carbonyl (C=O) groups excluding carboxylic acids is 1. The zero-order chi connectivity index (χ0) is 23.5. The zero-order valence-corrected chi connectivity index (χ0v) is 21.4. The van der Waals surface area contributed by atoms with Gasteiger partial charge in [0.2, 0.25) is 5.91 Å². The molecule has 1 unspecified atom stereocenters. The Labute approximate surface area is 203 Å². The summed E-state index contributed by atoms with van der Waals surface area (Å²) in [5.41, 5.74) is 3.09. The summed E-state index contributed by atoms with van der Waals surface area (Å²) in [6.07, 6.45) is 5.16. The van der Waals surface area contributed by atoms with Gasteiger partial charge in [-0.3, -0.25) is 14.2 Å². The second-order valence-corrected chi connectivity index (χ2v) is 11.4. The van der Waals surface area contributed by atoms with E-state index in [-0.39, 0.29) is 16.7 Å². The maximum absolute atomic E-state index is 13.6. The molecule has 0 bridgehead atoms. The van der Waals surface area contributed by atoms with Gasteiger partial charge in [0, 0.05) is 17.1 Å². The number of hydrogen-bond acceptors (Lipinski definition) is 6. The average molecular weight is 485 g/mol. The van der Waals surface area contributed by atoms with Gasteiger partial charge in [0.1, 0.15) is 4.83 Å². The molecule has 6 nitrogen and oxygen atoms in total. The minimum absolute atomic E-state index is 0.0483. The zero-order valence-electron chi connectivity index (χ0n) is 19.8. The number of amides is 1. The minimum atomic E-state index is -0.386. The lowest BCUT2D eigenvalue weighted by Gasteiger charge is -2.17. The van der Waals surface area contributed by atoms with Gasteiger partial charge in [-0.2, -0.15) is 0 Å². The van der Waals surface area contributed by atoms with E-state index in [1.54, 1.807) is 15.9 Å². The first-order valence-corrected chi connectivity index (χ1v) is 13.3. The van der Waals surface area contributed by atoms with Crippen molar-refractivity contribution in [3.63, 3.8) is 0 Å². The molecule has 0 aliphatic heterocycles. The van der Waals surface area contributed by atoms with Gasteiger partial charge in [0.05, 0.1) is 10.6 Å². The highest BCUT2D eigenvalue weighted by molar-refractivity contribution is 8.00. The normalized spacial score (nSPS) is 14.5. The van der Waals surface area contributed by atoms with Gasteiger partial charge >= 0.3 is 0 Å². The summed E-state index contributed by atoms with van der Waals surface area (Å²) >= 11 is 3.03. The topological polar surface area (TPSA) is 67.2 Å². The molecule has 4 rings (SSSR count). The second kappa shape index (κ2) is 10.4. The van der Waals surface area contributed by atoms with Crippen LogP contribution in [0.1, 0.15) is 42.2 Å². The standard InChI is InChI=1S/C25H32N4O2S2/c1-16-10-5-7-12-19(16)26-22(30)17(2)32-25-27-23-21(18-11-6-8-13-20(18)33-23)24(31)29(25)15-9-14-28(3)4/h5,7,10,12,17H,6,8-9,11,13-15H2,1-4H3,(H,26,30). The Balaban J connectivity index is 1.65. The first-order valence-electron chi connectivity index (χ1n) is 11.6. The summed E-state index contributed by atoms with van der Waals surface area (Å²) in [5, 5.41) is 4.08. The maximum Gasteiger partial charge on any atom is 0.263 e. The Morgan fingerprint density at radius 1 is 1.27 bits per heavy atom. The van der Waals surface area contributed by atoms with Crippen molar-refractivity contribution in [1.82, 2.24) is 14.5 Å². The van der Waals surface area contributed by atoms with Crippen LogP contribution in [-0.2, 0) is 24.2 Å². The fourth-order valence-corrected chi connectivity index (χ4v) is 6.45. The number of thiophene rings is 1. The van der Waals surface area contributed by atoms with Gasteiger partial charge in [-0.25, -0.2) is 4.98 Å². The summed E-state index contributed by atoms with van der Waals surface area (Å²) in [6, 6.07) is 7.75. The van der Waals surface area contributed by atoms with E-state index in [1.807, 2.05) is 52.2 Å². The molecular formula is C25H32N4O2S2. The Bertz CT molecular complexity index is 1220. The number of rotatable bonds is 8. The number of hydrogen-bond donors (Lipinski definition) is 1. The molecule has 1 amide bonds. The summed E-state index contributed by atoms with van der Waals surface area (Å²) in [6.45, 7) is 5.33. The fourth-order valence-electron chi connectivity index (χ4n) is 4.21. The van der Waals surface area contributed by atoms with Gasteiger partial charge in [-0.15, -0.1) is 11.3 Å². The highest BCUT2D eigenvalue weighted by Crippen LogP contribution is 2.35. The molecular weight excluding hydrogens is 452 g/mol. The van der Waals surface area contributed by atoms with Gasteiger partial charge in [0.15, 0.2) is 5.16 Å². The van der Waals surface area contributed by atoms with Crippen molar-refractivity contribution in [1.29, 1.82) is 0 Å². The number of para-hydroxylation sites is 1. The lowest BCUT2D eigenvalue weighted by atomic mass is 9.97. The molecule has 2 heterocycles. The molecule has 1 N–H and O–H groups in total. The fraction of sp³-hybridized carbons (Fsp3) is 0.480. The molecule has 33 heavy (non-hydrogen) atoms. The molecule has 1 aliphatic rings. The predicted octanol–water partition coefficient (Wildman–Crippen LogP) is 4.72. The van der Waals surface area contributed by atoms with E-state index in [2.05, 4.69) is 10.2 Å². The third-order valence-corrected chi connectivity index (χ3v) is 8.36. The highest BCUT2D eigenvalue weighted by atomic mass is 32.2.